The lowest BCUT2D eigenvalue weighted by Gasteiger charge is -2.27. The first-order valence-corrected chi connectivity index (χ1v) is 7.09. The van der Waals surface area contributed by atoms with Gasteiger partial charge in [-0.15, -0.1) is 0 Å². The first kappa shape index (κ1) is 15.0. The molecule has 0 saturated carbocycles. The Morgan fingerprint density at radius 2 is 2.10 bits per heavy atom. The molecule has 0 unspecified atom stereocenters. The van der Waals surface area contributed by atoms with Crippen LogP contribution in [0.4, 0.5) is 0 Å². The molecule has 2 N–H and O–H groups in total. The maximum absolute atomic E-state index is 12.2. The van der Waals surface area contributed by atoms with Gasteiger partial charge in [0.15, 0.2) is 0 Å². The highest BCUT2D eigenvalue weighted by atomic mass is 16.5. The summed E-state index contributed by atoms with van der Waals surface area (Å²) < 4.78 is 5.12. The number of benzene rings is 1. The van der Waals surface area contributed by atoms with Crippen LogP contribution in [0.2, 0.25) is 0 Å². The zero-order valence-corrected chi connectivity index (χ0v) is 12.0. The second kappa shape index (κ2) is 7.99. The summed E-state index contributed by atoms with van der Waals surface area (Å²) in [6.07, 6.45) is 0. The number of ether oxygens (including phenoxy) is 1. The van der Waals surface area contributed by atoms with Gasteiger partial charge >= 0.3 is 0 Å². The molecule has 20 heavy (non-hydrogen) atoms. The Kier molecular flexibility index (Phi) is 5.98. The topological polar surface area (TPSA) is 53.6 Å². The highest BCUT2D eigenvalue weighted by molar-refractivity contribution is 5.95. The largest absolute Gasteiger partial charge is 0.380 e. The normalized spacial score (nSPS) is 16.1. The van der Waals surface area contributed by atoms with Crippen molar-refractivity contribution < 1.29 is 9.53 Å². The average Bonchev–Trinajstić information content (AvgIpc) is 2.49. The number of amides is 1. The minimum Gasteiger partial charge on any atom is -0.380 e. The molecule has 0 bridgehead atoms. The fourth-order valence-electron chi connectivity index (χ4n) is 2.38. The molecule has 1 aliphatic rings. The number of nitrogens with one attached hydrogen (secondary N) is 2. The number of piperazine rings is 1. The molecule has 1 heterocycles. The second-order valence-electron chi connectivity index (χ2n) is 4.94. The lowest BCUT2D eigenvalue weighted by molar-refractivity contribution is 0.0942. The Hall–Kier alpha value is -1.43. The van der Waals surface area contributed by atoms with Gasteiger partial charge in [-0.1, -0.05) is 18.2 Å². The molecule has 110 valence electrons. The quantitative estimate of drug-likeness (QED) is 0.793. The number of hydrogen-bond acceptors (Lipinski definition) is 4. The van der Waals surface area contributed by atoms with E-state index in [4.69, 9.17) is 4.74 Å². The standard InChI is InChI=1S/C15H23N3O2/c1-20-12-13-4-2-3-5-14(13)15(19)17-8-11-18-9-6-16-7-10-18/h2-5,16H,6-12H2,1H3,(H,17,19). The van der Waals surface area contributed by atoms with Crippen LogP contribution in [0, 0.1) is 0 Å². The third-order valence-corrected chi connectivity index (χ3v) is 3.49. The lowest BCUT2D eigenvalue weighted by Crippen LogP contribution is -2.46. The van der Waals surface area contributed by atoms with Crippen molar-refractivity contribution in [3.8, 4) is 0 Å². The predicted molar refractivity (Wildman–Crippen MR) is 78.8 cm³/mol. The lowest BCUT2D eigenvalue weighted by atomic mass is 10.1. The summed E-state index contributed by atoms with van der Waals surface area (Å²) in [4.78, 5) is 14.5. The maximum Gasteiger partial charge on any atom is 0.251 e. The molecular weight excluding hydrogens is 254 g/mol. The van der Waals surface area contributed by atoms with Crippen molar-refractivity contribution >= 4 is 5.91 Å². The third-order valence-electron chi connectivity index (χ3n) is 3.49. The molecule has 0 spiro atoms. The van der Waals surface area contributed by atoms with Crippen LogP contribution >= 0.6 is 0 Å². The number of methoxy groups -OCH3 is 1. The molecule has 1 aromatic rings. The van der Waals surface area contributed by atoms with E-state index >= 15 is 0 Å². The molecule has 0 aromatic heterocycles. The van der Waals surface area contributed by atoms with Crippen LogP contribution in [0.15, 0.2) is 24.3 Å². The molecule has 5 heteroatoms. The highest BCUT2D eigenvalue weighted by Crippen LogP contribution is 2.09. The Labute approximate surface area is 120 Å². The van der Waals surface area contributed by atoms with Crippen molar-refractivity contribution in [3.05, 3.63) is 35.4 Å². The van der Waals surface area contributed by atoms with Crippen LogP contribution < -0.4 is 10.6 Å². The van der Waals surface area contributed by atoms with Gasteiger partial charge in [0, 0.05) is 51.9 Å². The minimum absolute atomic E-state index is 0.0206. The van der Waals surface area contributed by atoms with E-state index < -0.39 is 0 Å². The number of carbonyl (C=O) groups excluding carboxylic acids is 1. The van der Waals surface area contributed by atoms with E-state index in [0.29, 0.717) is 18.7 Å². The van der Waals surface area contributed by atoms with E-state index in [2.05, 4.69) is 15.5 Å². The Balaban J connectivity index is 1.82. The summed E-state index contributed by atoms with van der Waals surface area (Å²) in [5, 5.41) is 6.31. The molecule has 1 aliphatic heterocycles. The van der Waals surface area contributed by atoms with Gasteiger partial charge < -0.3 is 15.4 Å². The second-order valence-corrected chi connectivity index (χ2v) is 4.94. The minimum atomic E-state index is -0.0206. The van der Waals surface area contributed by atoms with Gasteiger partial charge in [-0.3, -0.25) is 9.69 Å². The van der Waals surface area contributed by atoms with Crippen molar-refractivity contribution in [2.24, 2.45) is 0 Å². The summed E-state index contributed by atoms with van der Waals surface area (Å²) in [5.41, 5.74) is 1.63. The van der Waals surface area contributed by atoms with Crippen LogP contribution in [0.3, 0.4) is 0 Å². The van der Waals surface area contributed by atoms with Gasteiger partial charge in [0.25, 0.3) is 5.91 Å². The molecule has 1 saturated heterocycles. The smallest absolute Gasteiger partial charge is 0.251 e. The summed E-state index contributed by atoms with van der Waals surface area (Å²) in [6, 6.07) is 7.57. The fourth-order valence-corrected chi connectivity index (χ4v) is 2.38. The zero-order valence-electron chi connectivity index (χ0n) is 12.0. The van der Waals surface area contributed by atoms with E-state index in [9.17, 15) is 4.79 Å². The third kappa shape index (κ3) is 4.30. The number of rotatable bonds is 6. The van der Waals surface area contributed by atoms with Crippen LogP contribution in [0.5, 0.6) is 0 Å². The Morgan fingerprint density at radius 1 is 1.35 bits per heavy atom. The molecule has 2 rings (SSSR count). The van der Waals surface area contributed by atoms with Crippen molar-refractivity contribution in [2.45, 2.75) is 6.61 Å². The van der Waals surface area contributed by atoms with Gasteiger partial charge in [-0.2, -0.15) is 0 Å². The van der Waals surface area contributed by atoms with Crippen LogP contribution in [0.1, 0.15) is 15.9 Å². The van der Waals surface area contributed by atoms with E-state index in [0.717, 1.165) is 38.3 Å². The van der Waals surface area contributed by atoms with E-state index in [1.165, 1.54) is 0 Å². The summed E-state index contributed by atoms with van der Waals surface area (Å²) in [5.74, 6) is -0.0206. The van der Waals surface area contributed by atoms with Gasteiger partial charge in [-0.05, 0) is 11.6 Å². The molecule has 1 fully saturated rings. The number of hydrogen-bond donors (Lipinski definition) is 2. The predicted octanol–water partition coefficient (Wildman–Crippen LogP) is 0.468. The number of nitrogens with zero attached hydrogens (tertiary/aromatic N) is 1. The van der Waals surface area contributed by atoms with Crippen molar-refractivity contribution in [2.75, 3.05) is 46.4 Å². The highest BCUT2D eigenvalue weighted by Gasteiger charge is 2.12. The molecule has 0 atom stereocenters. The Morgan fingerprint density at radius 3 is 2.85 bits per heavy atom. The van der Waals surface area contributed by atoms with E-state index in [-0.39, 0.29) is 5.91 Å². The molecule has 5 nitrogen and oxygen atoms in total. The average molecular weight is 277 g/mol. The summed E-state index contributed by atoms with van der Waals surface area (Å²) in [6.45, 7) is 6.21. The van der Waals surface area contributed by atoms with Crippen LogP contribution in [-0.2, 0) is 11.3 Å². The van der Waals surface area contributed by atoms with Crippen molar-refractivity contribution in [1.82, 2.24) is 15.5 Å². The summed E-state index contributed by atoms with van der Waals surface area (Å²) in [7, 11) is 1.64. The Bertz CT molecular complexity index is 431. The molecule has 1 aromatic carbocycles. The molecule has 0 aliphatic carbocycles. The first-order valence-electron chi connectivity index (χ1n) is 7.09. The fraction of sp³-hybridized carbons (Fsp3) is 0.533. The monoisotopic (exact) mass is 277 g/mol. The van der Waals surface area contributed by atoms with Crippen molar-refractivity contribution in [3.63, 3.8) is 0 Å². The maximum atomic E-state index is 12.2. The first-order chi connectivity index (χ1) is 9.81. The molecular formula is C15H23N3O2. The number of carbonyl (C=O) groups is 1. The van der Waals surface area contributed by atoms with Gasteiger partial charge in [0.05, 0.1) is 6.61 Å². The van der Waals surface area contributed by atoms with E-state index in [1.54, 1.807) is 7.11 Å². The van der Waals surface area contributed by atoms with Gasteiger partial charge in [0.2, 0.25) is 0 Å². The van der Waals surface area contributed by atoms with Gasteiger partial charge in [-0.25, -0.2) is 0 Å². The van der Waals surface area contributed by atoms with Crippen LogP contribution in [-0.4, -0.2) is 57.2 Å². The van der Waals surface area contributed by atoms with Crippen LogP contribution in [0.25, 0.3) is 0 Å². The SMILES string of the molecule is COCc1ccccc1C(=O)NCCN1CCNCC1. The molecule has 1 amide bonds. The van der Waals surface area contributed by atoms with E-state index in [1.807, 2.05) is 24.3 Å². The zero-order chi connectivity index (χ0) is 14.2. The van der Waals surface area contributed by atoms with Crippen molar-refractivity contribution in [1.29, 1.82) is 0 Å². The molecule has 0 radical (unpaired) electrons. The summed E-state index contributed by atoms with van der Waals surface area (Å²) >= 11 is 0. The van der Waals surface area contributed by atoms with Gasteiger partial charge in [0.1, 0.15) is 0 Å².